The van der Waals surface area contributed by atoms with Gasteiger partial charge in [0.2, 0.25) is 11.8 Å². The van der Waals surface area contributed by atoms with Crippen molar-refractivity contribution in [2.75, 3.05) is 6.54 Å². The van der Waals surface area contributed by atoms with Crippen molar-refractivity contribution in [3.05, 3.63) is 120 Å². The van der Waals surface area contributed by atoms with Gasteiger partial charge in [0, 0.05) is 6.42 Å². The summed E-state index contributed by atoms with van der Waals surface area (Å²) in [5.41, 5.74) is 8.41. The lowest BCUT2D eigenvalue weighted by Crippen LogP contribution is -2.56. The predicted molar refractivity (Wildman–Crippen MR) is 152 cm³/mol. The van der Waals surface area contributed by atoms with Crippen molar-refractivity contribution in [3.8, 4) is 0 Å². The smallest absolute Gasteiger partial charge is 0.323 e. The van der Waals surface area contributed by atoms with E-state index >= 15 is 0 Å². The first-order valence-electron chi connectivity index (χ1n) is 13.0. The second-order valence-corrected chi connectivity index (χ2v) is 9.62. The first kappa shape index (κ1) is 28.2. The Morgan fingerprint density at radius 2 is 1.27 bits per heavy atom. The van der Waals surface area contributed by atoms with Gasteiger partial charge in [0.25, 0.3) is 5.91 Å². The number of hydrogen-bond acceptors (Lipinski definition) is 5. The number of hydrogen-bond donors (Lipinski definition) is 3. The van der Waals surface area contributed by atoms with Gasteiger partial charge in [-0.05, 0) is 33.9 Å². The monoisotopic (exact) mass is 537 g/mol. The number of carbonyl (C=O) groups excluding carboxylic acids is 3. The highest BCUT2D eigenvalue weighted by Gasteiger charge is 2.34. The van der Waals surface area contributed by atoms with Gasteiger partial charge in [-0.1, -0.05) is 103 Å². The minimum absolute atomic E-state index is 0.00377. The average Bonchev–Trinajstić information content (AvgIpc) is 2.95. The lowest BCUT2D eigenvalue weighted by atomic mass is 10.0. The van der Waals surface area contributed by atoms with Crippen LogP contribution >= 0.6 is 0 Å². The van der Waals surface area contributed by atoms with Crippen LogP contribution in [-0.4, -0.2) is 52.3 Å². The molecule has 2 atom stereocenters. The number of nitrogens with zero attached hydrogens (tertiary/aromatic N) is 1. The number of carbonyl (C=O) groups is 4. The second-order valence-electron chi connectivity index (χ2n) is 9.62. The van der Waals surface area contributed by atoms with E-state index in [0.29, 0.717) is 4.90 Å². The fourth-order valence-corrected chi connectivity index (χ4v) is 4.57. The molecule has 0 saturated heterocycles. The summed E-state index contributed by atoms with van der Waals surface area (Å²) in [4.78, 5) is 52.5. The third-order valence-corrected chi connectivity index (χ3v) is 6.54. The number of imide groups is 1. The first-order chi connectivity index (χ1) is 19.3. The second kappa shape index (κ2) is 13.3. The summed E-state index contributed by atoms with van der Waals surface area (Å²) in [6.45, 7) is -0.869. The van der Waals surface area contributed by atoms with Crippen LogP contribution in [0.1, 0.15) is 16.7 Å². The molecule has 0 aliphatic rings. The molecule has 0 aliphatic heterocycles. The zero-order valence-corrected chi connectivity index (χ0v) is 21.9. The average molecular weight is 538 g/mol. The van der Waals surface area contributed by atoms with Crippen molar-refractivity contribution in [1.82, 2.24) is 10.2 Å². The third-order valence-electron chi connectivity index (χ3n) is 6.54. The maximum atomic E-state index is 13.7. The minimum atomic E-state index is -1.37. The molecule has 0 radical (unpaired) electrons. The molecule has 0 aliphatic carbocycles. The number of rotatable bonds is 11. The number of amides is 3. The zero-order valence-electron chi connectivity index (χ0n) is 21.9. The Labute approximate surface area is 232 Å². The van der Waals surface area contributed by atoms with Crippen molar-refractivity contribution >= 4 is 34.5 Å². The molecule has 0 bridgehead atoms. The maximum Gasteiger partial charge on any atom is 0.323 e. The summed E-state index contributed by atoms with van der Waals surface area (Å²) >= 11 is 0. The van der Waals surface area contributed by atoms with Crippen LogP contribution in [0.25, 0.3) is 10.8 Å². The molecule has 8 heteroatoms. The molecule has 40 heavy (non-hydrogen) atoms. The van der Waals surface area contributed by atoms with E-state index in [2.05, 4.69) is 5.32 Å². The van der Waals surface area contributed by atoms with Crippen molar-refractivity contribution in [2.45, 2.75) is 31.3 Å². The van der Waals surface area contributed by atoms with Crippen LogP contribution in [0.5, 0.6) is 0 Å². The van der Waals surface area contributed by atoms with E-state index in [1.807, 2.05) is 54.6 Å². The summed E-state index contributed by atoms with van der Waals surface area (Å²) < 4.78 is 0. The number of benzene rings is 4. The lowest BCUT2D eigenvalue weighted by Gasteiger charge is -2.27. The fraction of sp³-hybridized carbons (Fsp3) is 0.188. The molecule has 8 nitrogen and oxygen atoms in total. The highest BCUT2D eigenvalue weighted by molar-refractivity contribution is 6.03. The minimum Gasteiger partial charge on any atom is -0.480 e. The van der Waals surface area contributed by atoms with Gasteiger partial charge in [0.1, 0.15) is 12.6 Å². The molecule has 0 heterocycles. The molecular formula is C32H31N3O5. The standard InChI is InChI=1S/C32H31N3O5/c33-27(18-22-9-3-1-4-10-22)31(39)35(21-30(37)38)32(40)28(19-23-11-5-2-6-12-23)34-29(36)20-24-15-16-25-13-7-8-14-26(25)17-24/h1-17,27-28H,18-21,33H2,(H,34,36)(H,37,38). The highest BCUT2D eigenvalue weighted by atomic mass is 16.4. The zero-order chi connectivity index (χ0) is 28.5. The van der Waals surface area contributed by atoms with Crippen molar-refractivity contribution in [2.24, 2.45) is 5.73 Å². The highest BCUT2D eigenvalue weighted by Crippen LogP contribution is 2.16. The molecule has 0 spiro atoms. The molecule has 4 rings (SSSR count). The Balaban J connectivity index is 1.55. The number of nitrogens with two attached hydrogens (primary N) is 1. The van der Waals surface area contributed by atoms with Gasteiger partial charge >= 0.3 is 5.97 Å². The summed E-state index contributed by atoms with van der Waals surface area (Å²) in [7, 11) is 0. The van der Waals surface area contributed by atoms with Crippen molar-refractivity contribution < 1.29 is 24.3 Å². The fourth-order valence-electron chi connectivity index (χ4n) is 4.57. The molecule has 0 saturated carbocycles. The van der Waals surface area contributed by atoms with Crippen LogP contribution < -0.4 is 11.1 Å². The Morgan fingerprint density at radius 1 is 0.700 bits per heavy atom. The van der Waals surface area contributed by atoms with Gasteiger partial charge in [-0.15, -0.1) is 0 Å². The molecule has 204 valence electrons. The quantitative estimate of drug-likeness (QED) is 0.270. The number of aliphatic carboxylic acids is 1. The molecular weight excluding hydrogens is 506 g/mol. The first-order valence-corrected chi connectivity index (χ1v) is 13.0. The van der Waals surface area contributed by atoms with Crippen LogP contribution in [-0.2, 0) is 38.4 Å². The van der Waals surface area contributed by atoms with Crippen molar-refractivity contribution in [1.29, 1.82) is 0 Å². The van der Waals surface area contributed by atoms with Crippen LogP contribution in [0.15, 0.2) is 103 Å². The van der Waals surface area contributed by atoms with E-state index < -0.39 is 42.3 Å². The molecule has 0 fully saturated rings. The van der Waals surface area contributed by atoms with Crippen LogP contribution in [0, 0.1) is 0 Å². The maximum absolute atomic E-state index is 13.7. The van der Waals surface area contributed by atoms with E-state index in [1.165, 1.54) is 0 Å². The normalized spacial score (nSPS) is 12.3. The molecule has 3 amide bonds. The lowest BCUT2D eigenvalue weighted by molar-refractivity contribution is -0.154. The molecule has 2 unspecified atom stereocenters. The van der Waals surface area contributed by atoms with Gasteiger partial charge in [-0.3, -0.25) is 24.1 Å². The Hall–Kier alpha value is -4.82. The van der Waals surface area contributed by atoms with E-state index in [0.717, 1.165) is 27.5 Å². The Morgan fingerprint density at radius 3 is 1.90 bits per heavy atom. The summed E-state index contributed by atoms with van der Waals surface area (Å²) in [5.74, 6) is -3.44. The van der Waals surface area contributed by atoms with Gasteiger partial charge in [-0.2, -0.15) is 0 Å². The summed E-state index contributed by atoms with van der Waals surface area (Å²) in [6, 6.07) is 29.1. The molecule has 0 aromatic heterocycles. The van der Waals surface area contributed by atoms with Crippen LogP contribution in [0.3, 0.4) is 0 Å². The van der Waals surface area contributed by atoms with E-state index in [-0.39, 0.29) is 19.3 Å². The molecule has 4 aromatic rings. The topological polar surface area (TPSA) is 130 Å². The van der Waals surface area contributed by atoms with Crippen LogP contribution in [0.4, 0.5) is 0 Å². The number of carboxylic acid groups (broad SMARTS) is 1. The Kier molecular flexibility index (Phi) is 9.38. The number of fused-ring (bicyclic) bond motifs is 1. The summed E-state index contributed by atoms with van der Waals surface area (Å²) in [6.07, 6.45) is 0.199. The van der Waals surface area contributed by atoms with Crippen LogP contribution in [0.2, 0.25) is 0 Å². The van der Waals surface area contributed by atoms with Gasteiger partial charge in [0.05, 0.1) is 12.5 Å². The third kappa shape index (κ3) is 7.61. The SMILES string of the molecule is NC(Cc1ccccc1)C(=O)N(CC(=O)O)C(=O)C(Cc1ccccc1)NC(=O)Cc1ccc2ccccc2c1. The molecule has 4 aromatic carbocycles. The van der Waals surface area contributed by atoms with E-state index in [4.69, 9.17) is 5.73 Å². The van der Waals surface area contributed by atoms with E-state index in [9.17, 15) is 24.3 Å². The van der Waals surface area contributed by atoms with Gasteiger partial charge in [0.15, 0.2) is 0 Å². The van der Waals surface area contributed by atoms with E-state index in [1.54, 1.807) is 48.5 Å². The Bertz CT molecular complexity index is 1490. The van der Waals surface area contributed by atoms with Crippen molar-refractivity contribution in [3.63, 3.8) is 0 Å². The molecule has 4 N–H and O–H groups in total. The van der Waals surface area contributed by atoms with Gasteiger partial charge < -0.3 is 16.2 Å². The predicted octanol–water partition coefficient (Wildman–Crippen LogP) is 3.12. The number of nitrogens with one attached hydrogen (secondary N) is 1. The van der Waals surface area contributed by atoms with Gasteiger partial charge in [-0.25, -0.2) is 0 Å². The number of carboxylic acids is 1. The summed E-state index contributed by atoms with van der Waals surface area (Å²) in [5, 5.41) is 14.3. The largest absolute Gasteiger partial charge is 0.480 e.